The summed E-state index contributed by atoms with van der Waals surface area (Å²) in [4.78, 5) is 15.1. The van der Waals surface area contributed by atoms with Gasteiger partial charge in [0.2, 0.25) is 0 Å². The number of rotatable bonds is 6. The van der Waals surface area contributed by atoms with E-state index in [1.807, 2.05) is 18.0 Å². The van der Waals surface area contributed by atoms with E-state index in [4.69, 9.17) is 5.11 Å². The van der Waals surface area contributed by atoms with Crippen LogP contribution in [0.3, 0.4) is 0 Å². The summed E-state index contributed by atoms with van der Waals surface area (Å²) in [6.07, 6.45) is 10.5. The monoisotopic (exact) mass is 314 g/mol. The number of carboxylic acid groups (broad SMARTS) is 1. The molecule has 0 amide bonds. The Labute approximate surface area is 128 Å². The Balaban J connectivity index is 2.14. The van der Waals surface area contributed by atoms with E-state index in [0.29, 0.717) is 4.75 Å². The van der Waals surface area contributed by atoms with Crippen molar-refractivity contribution in [3.63, 3.8) is 0 Å². The molecule has 1 aliphatic rings. The third-order valence-electron chi connectivity index (χ3n) is 3.99. The van der Waals surface area contributed by atoms with Gasteiger partial charge < -0.3 is 9.67 Å². The highest BCUT2D eigenvalue weighted by atomic mass is 32.2. The van der Waals surface area contributed by atoms with Crippen molar-refractivity contribution in [2.75, 3.05) is 12.0 Å². The summed E-state index contributed by atoms with van der Waals surface area (Å²) in [5.41, 5.74) is 1.12. The van der Waals surface area contributed by atoms with Crippen molar-refractivity contribution in [3.8, 4) is 0 Å². The van der Waals surface area contributed by atoms with Crippen LogP contribution >= 0.6 is 23.5 Å². The lowest BCUT2D eigenvalue weighted by Gasteiger charge is -2.36. The van der Waals surface area contributed by atoms with E-state index < -0.39 is 5.97 Å². The number of nitrogens with zero attached hydrogens (tertiary/aromatic N) is 2. The van der Waals surface area contributed by atoms with Crippen LogP contribution in [-0.4, -0.2) is 37.4 Å². The van der Waals surface area contributed by atoms with Crippen molar-refractivity contribution in [1.29, 1.82) is 0 Å². The first-order valence-corrected chi connectivity index (χ1v) is 9.19. The lowest BCUT2D eigenvalue weighted by Crippen LogP contribution is -2.33. The molecule has 1 saturated carbocycles. The molecular formula is C14H22N2O2S2. The van der Waals surface area contributed by atoms with E-state index in [9.17, 15) is 4.79 Å². The largest absolute Gasteiger partial charge is 0.481 e. The van der Waals surface area contributed by atoms with Crippen LogP contribution in [0.2, 0.25) is 0 Å². The predicted molar refractivity (Wildman–Crippen MR) is 84.7 cm³/mol. The zero-order valence-electron chi connectivity index (χ0n) is 12.1. The van der Waals surface area contributed by atoms with Gasteiger partial charge in [0.15, 0.2) is 5.16 Å². The maximum atomic E-state index is 10.7. The molecule has 0 unspecified atom stereocenters. The van der Waals surface area contributed by atoms with Crippen molar-refractivity contribution in [2.24, 2.45) is 0 Å². The molecule has 112 valence electrons. The zero-order valence-corrected chi connectivity index (χ0v) is 13.7. The van der Waals surface area contributed by atoms with E-state index in [1.165, 1.54) is 43.9 Å². The lowest BCUT2D eigenvalue weighted by atomic mass is 9.88. The van der Waals surface area contributed by atoms with Gasteiger partial charge in [0.05, 0.1) is 5.75 Å². The number of thioether (sulfide) groups is 2. The van der Waals surface area contributed by atoms with Crippen LogP contribution in [0, 0.1) is 6.92 Å². The number of carbonyl (C=O) groups is 1. The summed E-state index contributed by atoms with van der Waals surface area (Å²) in [6, 6.07) is 0. The second-order valence-corrected chi connectivity index (χ2v) is 7.62. The van der Waals surface area contributed by atoms with Gasteiger partial charge in [0.1, 0.15) is 0 Å². The highest BCUT2D eigenvalue weighted by Gasteiger charge is 2.32. The molecule has 0 aliphatic heterocycles. The summed E-state index contributed by atoms with van der Waals surface area (Å²) in [5, 5.41) is 9.67. The maximum Gasteiger partial charge on any atom is 0.313 e. The first-order chi connectivity index (χ1) is 9.56. The Bertz CT molecular complexity index is 468. The van der Waals surface area contributed by atoms with Crippen LogP contribution in [0.25, 0.3) is 0 Å². The average Bonchev–Trinajstić information content (AvgIpc) is 2.78. The Kier molecular flexibility index (Phi) is 5.43. The van der Waals surface area contributed by atoms with E-state index in [0.717, 1.165) is 17.4 Å². The van der Waals surface area contributed by atoms with Gasteiger partial charge in [-0.3, -0.25) is 4.79 Å². The molecule has 1 aromatic rings. The summed E-state index contributed by atoms with van der Waals surface area (Å²) in [7, 11) is 0. The number of aryl methyl sites for hydroxylation is 1. The standard InChI is InChI=1S/C14H22N2O2S2/c1-11-8-15-13(20-9-12(17)18)16(11)10-14(19-2)6-4-3-5-7-14/h8H,3-7,9-10H2,1-2H3,(H,17,18). The van der Waals surface area contributed by atoms with Crippen molar-refractivity contribution in [2.45, 2.75) is 55.5 Å². The van der Waals surface area contributed by atoms with Crippen LogP contribution in [0.1, 0.15) is 37.8 Å². The van der Waals surface area contributed by atoms with Gasteiger partial charge in [0, 0.05) is 23.2 Å². The van der Waals surface area contributed by atoms with Crippen molar-refractivity contribution < 1.29 is 9.90 Å². The Morgan fingerprint density at radius 3 is 2.75 bits per heavy atom. The number of imidazole rings is 1. The Morgan fingerprint density at radius 2 is 2.15 bits per heavy atom. The number of aliphatic carboxylic acids is 1. The molecule has 1 aliphatic carbocycles. The summed E-state index contributed by atoms with van der Waals surface area (Å²) >= 11 is 3.28. The molecule has 0 atom stereocenters. The lowest BCUT2D eigenvalue weighted by molar-refractivity contribution is -0.133. The fraction of sp³-hybridized carbons (Fsp3) is 0.714. The fourth-order valence-electron chi connectivity index (χ4n) is 2.78. The quantitative estimate of drug-likeness (QED) is 0.815. The molecule has 1 aromatic heterocycles. The maximum absolute atomic E-state index is 10.7. The Hall–Kier alpha value is -0.620. The molecule has 0 bridgehead atoms. The van der Waals surface area contributed by atoms with E-state index in [1.54, 1.807) is 0 Å². The second kappa shape index (κ2) is 6.89. The van der Waals surface area contributed by atoms with Gasteiger partial charge in [-0.15, -0.1) is 0 Å². The van der Waals surface area contributed by atoms with Gasteiger partial charge in [-0.05, 0) is 26.0 Å². The minimum atomic E-state index is -0.792. The third kappa shape index (κ3) is 3.73. The molecule has 4 nitrogen and oxygen atoms in total. The normalized spacial score (nSPS) is 18.1. The number of hydrogen-bond acceptors (Lipinski definition) is 4. The molecule has 0 aromatic carbocycles. The minimum absolute atomic E-state index is 0.0721. The molecule has 2 rings (SSSR count). The third-order valence-corrected chi connectivity index (χ3v) is 6.37. The molecule has 1 fully saturated rings. The van der Waals surface area contributed by atoms with Crippen LogP contribution < -0.4 is 0 Å². The molecule has 6 heteroatoms. The van der Waals surface area contributed by atoms with Crippen LogP contribution in [0.15, 0.2) is 11.4 Å². The Morgan fingerprint density at radius 1 is 1.45 bits per heavy atom. The van der Waals surface area contributed by atoms with Gasteiger partial charge in [-0.2, -0.15) is 11.8 Å². The van der Waals surface area contributed by atoms with Gasteiger partial charge in [-0.1, -0.05) is 31.0 Å². The SMILES string of the molecule is CSC1(Cn2c(C)cnc2SCC(=O)O)CCCCC1. The zero-order chi connectivity index (χ0) is 14.6. The topological polar surface area (TPSA) is 55.1 Å². The molecule has 1 heterocycles. The molecule has 0 saturated heterocycles. The van der Waals surface area contributed by atoms with Crippen molar-refractivity contribution in [3.05, 3.63) is 11.9 Å². The fourth-order valence-corrected chi connectivity index (χ4v) is 4.48. The molecular weight excluding hydrogens is 292 g/mol. The van der Waals surface area contributed by atoms with Crippen molar-refractivity contribution in [1.82, 2.24) is 9.55 Å². The van der Waals surface area contributed by atoms with E-state index in [2.05, 4.69) is 22.7 Å². The van der Waals surface area contributed by atoms with E-state index >= 15 is 0 Å². The minimum Gasteiger partial charge on any atom is -0.481 e. The molecule has 0 radical (unpaired) electrons. The molecule has 0 spiro atoms. The van der Waals surface area contributed by atoms with E-state index in [-0.39, 0.29) is 5.75 Å². The van der Waals surface area contributed by atoms with Gasteiger partial charge in [0.25, 0.3) is 0 Å². The first kappa shape index (κ1) is 15.8. The van der Waals surface area contributed by atoms with Gasteiger partial charge in [-0.25, -0.2) is 4.98 Å². The van der Waals surface area contributed by atoms with Crippen LogP contribution in [0.5, 0.6) is 0 Å². The summed E-state index contributed by atoms with van der Waals surface area (Å²) in [5.74, 6) is -0.720. The van der Waals surface area contributed by atoms with Crippen LogP contribution in [0.4, 0.5) is 0 Å². The first-order valence-electron chi connectivity index (χ1n) is 6.98. The van der Waals surface area contributed by atoms with Gasteiger partial charge >= 0.3 is 5.97 Å². The molecule has 1 N–H and O–H groups in total. The summed E-state index contributed by atoms with van der Waals surface area (Å²) < 4.78 is 2.50. The average molecular weight is 314 g/mol. The molecule has 20 heavy (non-hydrogen) atoms. The number of aromatic nitrogens is 2. The predicted octanol–water partition coefficient (Wildman–Crippen LogP) is 3.43. The van der Waals surface area contributed by atoms with Crippen molar-refractivity contribution >= 4 is 29.5 Å². The number of carboxylic acids is 1. The number of hydrogen-bond donors (Lipinski definition) is 1. The summed E-state index contributed by atoms with van der Waals surface area (Å²) in [6.45, 7) is 3.00. The van der Waals surface area contributed by atoms with Crippen LogP contribution in [-0.2, 0) is 11.3 Å². The highest BCUT2D eigenvalue weighted by Crippen LogP contribution is 2.40. The highest BCUT2D eigenvalue weighted by molar-refractivity contribution is 8.00. The smallest absolute Gasteiger partial charge is 0.313 e. The second-order valence-electron chi connectivity index (χ2n) is 5.40.